The molecule has 4 rings (SSSR count). The first-order valence-electron chi connectivity index (χ1n) is 13.7. The molecule has 0 bridgehead atoms. The van der Waals surface area contributed by atoms with E-state index in [4.69, 9.17) is 0 Å². The largest absolute Gasteiger partial charge is 0.481 e. The third kappa shape index (κ3) is 3.65. The lowest BCUT2D eigenvalue weighted by molar-refractivity contribution is -0.189. The Balaban J connectivity index is 1.89. The highest BCUT2D eigenvalue weighted by Gasteiger charge is 2.70. The lowest BCUT2D eigenvalue weighted by Gasteiger charge is -2.68. The van der Waals surface area contributed by atoms with E-state index in [2.05, 4.69) is 20.8 Å². The molecular weight excluding hydrogens is 472 g/mol. The van der Waals surface area contributed by atoms with E-state index in [0.29, 0.717) is 25.7 Å². The molecule has 0 aromatic carbocycles. The number of carbonyl (C=O) groups is 4. The molecule has 0 heterocycles. The molecule has 7 heteroatoms. The molecule has 0 aromatic rings. The number of aliphatic carboxylic acids is 3. The predicted molar refractivity (Wildman–Crippen MR) is 138 cm³/mol. The van der Waals surface area contributed by atoms with Crippen LogP contribution in [-0.4, -0.2) is 39.0 Å². The SMILES string of the molecule is CC(C)(C(=O)O)[C@@H]1CC[C@]2(C)C(C(=O)C=C3C4C[C@@](C)(C(=O)O)CC[C@]4(C)CC[C@]32C)[C@@]1(C)CC(=O)O. The van der Waals surface area contributed by atoms with Crippen molar-refractivity contribution in [3.8, 4) is 0 Å². The summed E-state index contributed by atoms with van der Waals surface area (Å²) in [7, 11) is 0. The molecule has 2 unspecified atom stereocenters. The van der Waals surface area contributed by atoms with Gasteiger partial charge in [-0.25, -0.2) is 0 Å². The average molecular weight is 517 g/mol. The van der Waals surface area contributed by atoms with Crippen molar-refractivity contribution in [1.29, 1.82) is 0 Å². The fraction of sp³-hybridized carbons (Fsp3) is 0.800. The first-order valence-corrected chi connectivity index (χ1v) is 13.7. The molecular formula is C30H44O7. The Hall–Kier alpha value is -2.18. The van der Waals surface area contributed by atoms with E-state index in [9.17, 15) is 34.5 Å². The monoisotopic (exact) mass is 516 g/mol. The van der Waals surface area contributed by atoms with Gasteiger partial charge in [-0.15, -0.1) is 0 Å². The Morgan fingerprint density at radius 1 is 0.946 bits per heavy atom. The minimum Gasteiger partial charge on any atom is -0.481 e. The Bertz CT molecular complexity index is 1090. The third-order valence-electron chi connectivity index (χ3n) is 12.3. The number of carboxylic acids is 3. The molecule has 3 N–H and O–H groups in total. The highest BCUT2D eigenvalue weighted by Crippen LogP contribution is 2.74. The van der Waals surface area contributed by atoms with Crippen molar-refractivity contribution >= 4 is 23.7 Å². The van der Waals surface area contributed by atoms with Crippen LogP contribution in [0.1, 0.15) is 99.8 Å². The second-order valence-electron chi connectivity index (χ2n) is 14.7. The molecule has 0 spiro atoms. The van der Waals surface area contributed by atoms with E-state index >= 15 is 0 Å². The summed E-state index contributed by atoms with van der Waals surface area (Å²) in [6.07, 6.45) is 6.34. The van der Waals surface area contributed by atoms with Gasteiger partial charge in [0, 0.05) is 5.92 Å². The Kier molecular flexibility index (Phi) is 6.14. The maximum Gasteiger partial charge on any atom is 0.309 e. The first-order chi connectivity index (χ1) is 16.8. The minimum atomic E-state index is -1.19. The zero-order valence-corrected chi connectivity index (χ0v) is 23.4. The van der Waals surface area contributed by atoms with Crippen molar-refractivity contribution < 1.29 is 34.5 Å². The minimum absolute atomic E-state index is 0.0262. The predicted octanol–water partition coefficient (Wildman–Crippen LogP) is 5.82. The first kappa shape index (κ1) is 27.8. The average Bonchev–Trinajstić information content (AvgIpc) is 2.75. The number of ketones is 1. The molecule has 206 valence electrons. The smallest absolute Gasteiger partial charge is 0.309 e. The number of carboxylic acid groups (broad SMARTS) is 3. The fourth-order valence-electron chi connectivity index (χ4n) is 9.66. The molecule has 0 radical (unpaired) electrons. The summed E-state index contributed by atoms with van der Waals surface area (Å²) in [6, 6.07) is 0. The summed E-state index contributed by atoms with van der Waals surface area (Å²) in [4.78, 5) is 51.0. The molecule has 37 heavy (non-hydrogen) atoms. The summed E-state index contributed by atoms with van der Waals surface area (Å²) < 4.78 is 0. The van der Waals surface area contributed by atoms with Gasteiger partial charge in [-0.05, 0) is 105 Å². The van der Waals surface area contributed by atoms with Gasteiger partial charge in [0.2, 0.25) is 0 Å². The van der Waals surface area contributed by atoms with Gasteiger partial charge in [0.1, 0.15) is 0 Å². The third-order valence-corrected chi connectivity index (χ3v) is 12.3. The van der Waals surface area contributed by atoms with Gasteiger partial charge in [0.05, 0.1) is 17.3 Å². The van der Waals surface area contributed by atoms with E-state index in [1.54, 1.807) is 19.9 Å². The molecule has 0 saturated heterocycles. The fourth-order valence-corrected chi connectivity index (χ4v) is 9.66. The molecule has 0 aliphatic heterocycles. The molecule has 0 aromatic heterocycles. The number of hydrogen-bond donors (Lipinski definition) is 3. The van der Waals surface area contributed by atoms with Gasteiger partial charge in [-0.3, -0.25) is 19.2 Å². The van der Waals surface area contributed by atoms with Gasteiger partial charge in [-0.2, -0.15) is 0 Å². The maximum absolute atomic E-state index is 14.2. The molecule has 7 nitrogen and oxygen atoms in total. The zero-order chi connectivity index (χ0) is 28.0. The highest BCUT2D eigenvalue weighted by atomic mass is 16.4. The van der Waals surface area contributed by atoms with Gasteiger partial charge < -0.3 is 15.3 Å². The quantitative estimate of drug-likeness (QED) is 0.420. The van der Waals surface area contributed by atoms with Crippen LogP contribution >= 0.6 is 0 Å². The Labute approximate surface area is 220 Å². The van der Waals surface area contributed by atoms with Crippen LogP contribution in [0.3, 0.4) is 0 Å². The standard InChI is InChI=1S/C30H44O7/c1-25(2,23(34)35)20-8-9-30(7)22(28(20,5)16-21(32)33)19(31)14-17-18-15-27(4,24(36)37)11-10-26(18,3)12-13-29(17,30)6/h14,18,20,22H,8-13,15-16H2,1-7H3,(H,32,33)(H,34,35)(H,36,37)/t18?,20-,22?,26+,27-,28-,29+,30+/m0/s1. The lowest BCUT2D eigenvalue weighted by atomic mass is 9.34. The topological polar surface area (TPSA) is 129 Å². The van der Waals surface area contributed by atoms with Crippen LogP contribution in [0.15, 0.2) is 11.6 Å². The second kappa shape index (κ2) is 8.16. The van der Waals surface area contributed by atoms with Gasteiger partial charge in [0.15, 0.2) is 5.78 Å². The van der Waals surface area contributed by atoms with Gasteiger partial charge in [0.25, 0.3) is 0 Å². The zero-order valence-electron chi connectivity index (χ0n) is 23.4. The van der Waals surface area contributed by atoms with Crippen molar-refractivity contribution in [2.24, 2.45) is 50.2 Å². The highest BCUT2D eigenvalue weighted by molar-refractivity contribution is 5.96. The van der Waals surface area contributed by atoms with Crippen molar-refractivity contribution in [3.05, 3.63) is 11.6 Å². The molecule has 0 amide bonds. The number of hydrogen-bond acceptors (Lipinski definition) is 4. The summed E-state index contributed by atoms with van der Waals surface area (Å²) in [5.41, 5.74) is -3.04. The lowest BCUT2D eigenvalue weighted by Crippen LogP contribution is -2.65. The van der Waals surface area contributed by atoms with Crippen molar-refractivity contribution in [3.63, 3.8) is 0 Å². The summed E-state index contributed by atoms with van der Waals surface area (Å²) >= 11 is 0. The van der Waals surface area contributed by atoms with E-state index in [0.717, 1.165) is 24.8 Å². The number of rotatable bonds is 5. The molecule has 3 saturated carbocycles. The molecule has 4 aliphatic carbocycles. The molecule has 3 fully saturated rings. The van der Waals surface area contributed by atoms with Gasteiger partial charge >= 0.3 is 17.9 Å². The summed E-state index contributed by atoms with van der Waals surface area (Å²) in [6.45, 7) is 13.5. The normalized spacial score (nSPS) is 45.6. The van der Waals surface area contributed by atoms with Crippen molar-refractivity contribution in [2.45, 2.75) is 99.8 Å². The maximum atomic E-state index is 14.2. The van der Waals surface area contributed by atoms with Crippen LogP contribution in [0.2, 0.25) is 0 Å². The Morgan fingerprint density at radius 2 is 1.54 bits per heavy atom. The number of allylic oxidation sites excluding steroid dienone is 2. The van der Waals surface area contributed by atoms with E-state index in [1.165, 1.54) is 0 Å². The number of fused-ring (bicyclic) bond motifs is 5. The van der Waals surface area contributed by atoms with Gasteiger partial charge in [-0.1, -0.05) is 33.3 Å². The Morgan fingerprint density at radius 3 is 2.08 bits per heavy atom. The van der Waals surface area contributed by atoms with Crippen LogP contribution in [-0.2, 0) is 19.2 Å². The van der Waals surface area contributed by atoms with Crippen LogP contribution < -0.4 is 0 Å². The van der Waals surface area contributed by atoms with Crippen LogP contribution in [0.4, 0.5) is 0 Å². The van der Waals surface area contributed by atoms with Crippen molar-refractivity contribution in [2.75, 3.05) is 0 Å². The second-order valence-corrected chi connectivity index (χ2v) is 14.7. The van der Waals surface area contributed by atoms with Crippen molar-refractivity contribution in [1.82, 2.24) is 0 Å². The summed E-state index contributed by atoms with van der Waals surface area (Å²) in [5, 5.41) is 30.1. The van der Waals surface area contributed by atoms with Crippen LogP contribution in [0.25, 0.3) is 0 Å². The van der Waals surface area contributed by atoms with E-state index in [-0.39, 0.29) is 23.5 Å². The van der Waals surface area contributed by atoms with E-state index < -0.39 is 56.8 Å². The van der Waals surface area contributed by atoms with Crippen LogP contribution in [0, 0.1) is 50.2 Å². The van der Waals surface area contributed by atoms with Crippen LogP contribution in [0.5, 0.6) is 0 Å². The molecule has 8 atom stereocenters. The molecule has 4 aliphatic rings. The number of carbonyl (C=O) groups excluding carboxylic acids is 1. The summed E-state index contributed by atoms with van der Waals surface area (Å²) in [5.74, 6) is -4.04. The van der Waals surface area contributed by atoms with E-state index in [1.807, 2.05) is 13.8 Å².